The molecule has 0 aliphatic heterocycles. The fraction of sp³-hybridized carbons (Fsp3) is 0.529. The molecule has 0 bridgehead atoms. The lowest BCUT2D eigenvalue weighted by atomic mass is 10.2. The van der Waals surface area contributed by atoms with Gasteiger partial charge in [-0.1, -0.05) is 12.1 Å². The minimum Gasteiger partial charge on any atom is -0.497 e. The maximum Gasteiger partial charge on any atom is 0.223 e. The first kappa shape index (κ1) is 16.3. The fourth-order valence-corrected chi connectivity index (χ4v) is 2.22. The number of hydrogen-bond acceptors (Lipinski definition) is 3. The van der Waals surface area contributed by atoms with Crippen LogP contribution in [0, 0.1) is 5.92 Å². The molecule has 2 amide bonds. The van der Waals surface area contributed by atoms with Crippen LogP contribution in [-0.4, -0.2) is 37.4 Å². The topological polar surface area (TPSA) is 58.6 Å². The average Bonchev–Trinajstić information content (AvgIpc) is 3.36. The summed E-state index contributed by atoms with van der Waals surface area (Å²) < 4.78 is 5.11. The molecule has 120 valence electrons. The van der Waals surface area contributed by atoms with Crippen molar-refractivity contribution in [2.24, 2.45) is 5.92 Å². The van der Waals surface area contributed by atoms with Gasteiger partial charge in [0.1, 0.15) is 5.75 Å². The number of ether oxygens (including phenoxy) is 1. The highest BCUT2D eigenvalue weighted by Gasteiger charge is 2.29. The lowest BCUT2D eigenvalue weighted by Gasteiger charge is -2.17. The minimum atomic E-state index is 0.0940. The highest BCUT2D eigenvalue weighted by atomic mass is 16.5. The van der Waals surface area contributed by atoms with E-state index in [-0.39, 0.29) is 17.7 Å². The number of benzene rings is 1. The molecular formula is C17H24N2O3. The molecule has 1 N–H and O–H groups in total. The highest BCUT2D eigenvalue weighted by Crippen LogP contribution is 2.28. The summed E-state index contributed by atoms with van der Waals surface area (Å²) in [5, 5.41) is 2.88. The fourth-order valence-electron chi connectivity index (χ4n) is 2.22. The van der Waals surface area contributed by atoms with Gasteiger partial charge in [0, 0.05) is 32.5 Å². The maximum absolute atomic E-state index is 12.0. The van der Waals surface area contributed by atoms with Crippen LogP contribution >= 0.6 is 0 Å². The predicted molar refractivity (Wildman–Crippen MR) is 84.4 cm³/mol. The van der Waals surface area contributed by atoms with Crippen molar-refractivity contribution in [3.63, 3.8) is 0 Å². The van der Waals surface area contributed by atoms with Crippen molar-refractivity contribution in [1.82, 2.24) is 10.2 Å². The molecule has 1 aliphatic rings. The van der Waals surface area contributed by atoms with Gasteiger partial charge in [0.15, 0.2) is 0 Å². The summed E-state index contributed by atoms with van der Waals surface area (Å²) >= 11 is 0. The molecule has 0 spiro atoms. The molecule has 2 rings (SSSR count). The van der Waals surface area contributed by atoms with Gasteiger partial charge in [0.2, 0.25) is 11.8 Å². The largest absolute Gasteiger partial charge is 0.497 e. The van der Waals surface area contributed by atoms with Crippen LogP contribution in [0.15, 0.2) is 24.3 Å². The molecule has 1 aromatic rings. The predicted octanol–water partition coefficient (Wildman–Crippen LogP) is 1.96. The molecule has 0 atom stereocenters. The van der Waals surface area contributed by atoms with Gasteiger partial charge in [0.05, 0.1) is 7.11 Å². The molecule has 1 aliphatic carbocycles. The van der Waals surface area contributed by atoms with Crippen LogP contribution in [0.25, 0.3) is 0 Å². The molecule has 0 heterocycles. The molecular weight excluding hydrogens is 280 g/mol. The molecule has 1 saturated carbocycles. The third-order valence-corrected chi connectivity index (χ3v) is 3.82. The smallest absolute Gasteiger partial charge is 0.223 e. The van der Waals surface area contributed by atoms with Crippen molar-refractivity contribution >= 4 is 11.8 Å². The van der Waals surface area contributed by atoms with E-state index in [1.807, 2.05) is 24.3 Å². The first-order valence-corrected chi connectivity index (χ1v) is 7.74. The zero-order valence-electron chi connectivity index (χ0n) is 13.3. The van der Waals surface area contributed by atoms with Gasteiger partial charge in [-0.2, -0.15) is 0 Å². The Morgan fingerprint density at radius 3 is 2.55 bits per heavy atom. The van der Waals surface area contributed by atoms with Crippen LogP contribution in [0.1, 0.15) is 31.2 Å². The standard InChI is InChI=1S/C17H24N2O3/c1-19(12-13-5-9-15(22-2)10-6-13)16(20)4-3-11-18-17(21)14-7-8-14/h5-6,9-10,14H,3-4,7-8,11-12H2,1-2H3,(H,18,21). The second-order valence-corrected chi connectivity index (χ2v) is 5.77. The molecule has 0 radical (unpaired) electrons. The Bertz CT molecular complexity index is 509. The lowest BCUT2D eigenvalue weighted by molar-refractivity contribution is -0.130. The third kappa shape index (κ3) is 5.06. The summed E-state index contributed by atoms with van der Waals surface area (Å²) in [6, 6.07) is 7.69. The Kier molecular flexibility index (Phi) is 5.81. The van der Waals surface area contributed by atoms with E-state index in [0.29, 0.717) is 25.9 Å². The Hall–Kier alpha value is -2.04. The van der Waals surface area contributed by atoms with Crippen LogP contribution in [0.3, 0.4) is 0 Å². The quantitative estimate of drug-likeness (QED) is 0.747. The van der Waals surface area contributed by atoms with Gasteiger partial charge < -0.3 is 15.0 Å². The Morgan fingerprint density at radius 1 is 1.27 bits per heavy atom. The highest BCUT2D eigenvalue weighted by molar-refractivity contribution is 5.81. The van der Waals surface area contributed by atoms with Gasteiger partial charge in [-0.3, -0.25) is 9.59 Å². The minimum absolute atomic E-state index is 0.0940. The second-order valence-electron chi connectivity index (χ2n) is 5.77. The van der Waals surface area contributed by atoms with E-state index >= 15 is 0 Å². The van der Waals surface area contributed by atoms with E-state index in [4.69, 9.17) is 4.74 Å². The third-order valence-electron chi connectivity index (χ3n) is 3.82. The van der Waals surface area contributed by atoms with E-state index in [9.17, 15) is 9.59 Å². The zero-order valence-corrected chi connectivity index (χ0v) is 13.3. The van der Waals surface area contributed by atoms with Crippen LogP contribution in [0.5, 0.6) is 5.75 Å². The number of rotatable bonds is 8. The first-order chi connectivity index (χ1) is 10.6. The SMILES string of the molecule is COc1ccc(CN(C)C(=O)CCCNC(=O)C2CC2)cc1. The lowest BCUT2D eigenvalue weighted by Crippen LogP contribution is -2.29. The molecule has 22 heavy (non-hydrogen) atoms. The molecule has 0 saturated heterocycles. The second kappa shape index (κ2) is 7.82. The van der Waals surface area contributed by atoms with E-state index in [2.05, 4.69) is 5.32 Å². The molecule has 0 unspecified atom stereocenters. The Balaban J connectivity index is 1.66. The summed E-state index contributed by atoms with van der Waals surface area (Å²) in [7, 11) is 3.43. The summed E-state index contributed by atoms with van der Waals surface area (Å²) in [4.78, 5) is 25.2. The van der Waals surface area contributed by atoms with Crippen LogP contribution in [0.2, 0.25) is 0 Å². The monoisotopic (exact) mass is 304 g/mol. The summed E-state index contributed by atoms with van der Waals surface area (Å²) in [5.74, 6) is 1.27. The first-order valence-electron chi connectivity index (χ1n) is 7.74. The van der Waals surface area contributed by atoms with Crippen molar-refractivity contribution in [3.05, 3.63) is 29.8 Å². The van der Waals surface area contributed by atoms with Gasteiger partial charge in [-0.15, -0.1) is 0 Å². The molecule has 5 nitrogen and oxygen atoms in total. The molecule has 1 aromatic carbocycles. The number of amides is 2. The molecule has 5 heteroatoms. The number of nitrogens with one attached hydrogen (secondary N) is 1. The number of methoxy groups -OCH3 is 1. The van der Waals surface area contributed by atoms with Crippen molar-refractivity contribution in [2.45, 2.75) is 32.2 Å². The van der Waals surface area contributed by atoms with Gasteiger partial charge in [-0.25, -0.2) is 0 Å². The normalized spacial score (nSPS) is 13.5. The summed E-state index contributed by atoms with van der Waals surface area (Å²) in [5.41, 5.74) is 1.07. The van der Waals surface area contributed by atoms with Gasteiger partial charge in [-0.05, 0) is 37.0 Å². The van der Waals surface area contributed by atoms with Crippen LogP contribution in [-0.2, 0) is 16.1 Å². The Labute approximate surface area is 131 Å². The van der Waals surface area contributed by atoms with Crippen LogP contribution in [0.4, 0.5) is 0 Å². The van der Waals surface area contributed by atoms with Gasteiger partial charge in [0.25, 0.3) is 0 Å². The number of carbonyl (C=O) groups excluding carboxylic acids is 2. The number of carbonyl (C=O) groups is 2. The molecule has 0 aromatic heterocycles. The van der Waals surface area contributed by atoms with Crippen molar-refractivity contribution in [2.75, 3.05) is 20.7 Å². The summed E-state index contributed by atoms with van der Waals surface area (Å²) in [6.07, 6.45) is 3.16. The van der Waals surface area contributed by atoms with Crippen molar-refractivity contribution < 1.29 is 14.3 Å². The maximum atomic E-state index is 12.0. The van der Waals surface area contributed by atoms with E-state index < -0.39 is 0 Å². The Morgan fingerprint density at radius 2 is 1.95 bits per heavy atom. The van der Waals surface area contributed by atoms with Crippen molar-refractivity contribution in [1.29, 1.82) is 0 Å². The van der Waals surface area contributed by atoms with Crippen LogP contribution < -0.4 is 10.1 Å². The number of nitrogens with zero attached hydrogens (tertiary/aromatic N) is 1. The zero-order chi connectivity index (χ0) is 15.9. The summed E-state index contributed by atoms with van der Waals surface area (Å²) in [6.45, 7) is 1.16. The van der Waals surface area contributed by atoms with Gasteiger partial charge >= 0.3 is 0 Å². The van der Waals surface area contributed by atoms with E-state index in [1.54, 1.807) is 19.1 Å². The van der Waals surface area contributed by atoms with E-state index in [0.717, 1.165) is 24.2 Å². The van der Waals surface area contributed by atoms with Crippen molar-refractivity contribution in [3.8, 4) is 5.75 Å². The average molecular weight is 304 g/mol. The molecule has 1 fully saturated rings. The van der Waals surface area contributed by atoms with E-state index in [1.165, 1.54) is 0 Å². The number of hydrogen-bond donors (Lipinski definition) is 1.